The van der Waals surface area contributed by atoms with E-state index in [4.69, 9.17) is 0 Å². The van der Waals surface area contributed by atoms with E-state index in [0.29, 0.717) is 6.04 Å². The van der Waals surface area contributed by atoms with E-state index >= 15 is 0 Å². The summed E-state index contributed by atoms with van der Waals surface area (Å²) < 4.78 is 13.5. The van der Waals surface area contributed by atoms with Crippen LogP contribution in [0.15, 0.2) is 24.3 Å². The predicted octanol–water partition coefficient (Wildman–Crippen LogP) is 3.66. The summed E-state index contributed by atoms with van der Waals surface area (Å²) in [5, 5.41) is 3.43. The van der Waals surface area contributed by atoms with Crippen molar-refractivity contribution in [2.75, 3.05) is 0 Å². The minimum Gasteiger partial charge on any atom is -0.307 e. The van der Waals surface area contributed by atoms with Crippen LogP contribution < -0.4 is 5.32 Å². The van der Waals surface area contributed by atoms with E-state index < -0.39 is 0 Å². The van der Waals surface area contributed by atoms with Gasteiger partial charge in [-0.2, -0.15) is 0 Å². The van der Waals surface area contributed by atoms with Gasteiger partial charge in [-0.1, -0.05) is 32.0 Å². The standard InChI is InChI=1S/C13H20FN/c1-4-10(3)15-13(5-2)11-8-6-7-9-12(11)14/h6-10,13,15H,4-5H2,1-3H3/t10-,13+/m0/s1. The average Bonchev–Trinajstić information content (AvgIpc) is 2.26. The van der Waals surface area contributed by atoms with E-state index in [1.807, 2.05) is 12.1 Å². The zero-order valence-corrected chi connectivity index (χ0v) is 9.76. The molecular weight excluding hydrogens is 189 g/mol. The summed E-state index contributed by atoms with van der Waals surface area (Å²) >= 11 is 0. The summed E-state index contributed by atoms with van der Waals surface area (Å²) in [6.07, 6.45) is 1.97. The summed E-state index contributed by atoms with van der Waals surface area (Å²) in [7, 11) is 0. The highest BCUT2D eigenvalue weighted by molar-refractivity contribution is 5.21. The number of benzene rings is 1. The summed E-state index contributed by atoms with van der Waals surface area (Å²) in [4.78, 5) is 0. The van der Waals surface area contributed by atoms with Gasteiger partial charge in [-0.05, 0) is 25.8 Å². The Bertz CT molecular complexity index is 298. The molecular formula is C13H20FN. The maximum Gasteiger partial charge on any atom is 0.127 e. The van der Waals surface area contributed by atoms with Gasteiger partial charge in [-0.15, -0.1) is 0 Å². The third-order valence-corrected chi connectivity index (χ3v) is 2.79. The Balaban J connectivity index is 2.78. The van der Waals surface area contributed by atoms with Crippen LogP contribution >= 0.6 is 0 Å². The van der Waals surface area contributed by atoms with Crippen LogP contribution in [0.4, 0.5) is 4.39 Å². The molecule has 1 nitrogen and oxygen atoms in total. The molecule has 0 amide bonds. The number of rotatable bonds is 5. The van der Waals surface area contributed by atoms with Crippen molar-refractivity contribution >= 4 is 0 Å². The van der Waals surface area contributed by atoms with Gasteiger partial charge in [0.2, 0.25) is 0 Å². The lowest BCUT2D eigenvalue weighted by Gasteiger charge is -2.22. The van der Waals surface area contributed by atoms with Crippen molar-refractivity contribution in [1.29, 1.82) is 0 Å². The van der Waals surface area contributed by atoms with Gasteiger partial charge in [0, 0.05) is 17.6 Å². The van der Waals surface area contributed by atoms with Crippen molar-refractivity contribution < 1.29 is 4.39 Å². The Morgan fingerprint density at radius 1 is 1.20 bits per heavy atom. The fraction of sp³-hybridized carbons (Fsp3) is 0.538. The first kappa shape index (κ1) is 12.2. The summed E-state index contributed by atoms with van der Waals surface area (Å²) in [6.45, 7) is 6.34. The number of hydrogen-bond acceptors (Lipinski definition) is 1. The molecule has 0 saturated heterocycles. The molecule has 0 aliphatic carbocycles. The molecule has 84 valence electrons. The first-order chi connectivity index (χ1) is 7.19. The molecule has 1 aromatic rings. The highest BCUT2D eigenvalue weighted by Gasteiger charge is 2.14. The molecule has 1 rings (SSSR count). The smallest absolute Gasteiger partial charge is 0.127 e. The first-order valence-electron chi connectivity index (χ1n) is 5.69. The molecule has 2 atom stereocenters. The topological polar surface area (TPSA) is 12.0 Å². The Morgan fingerprint density at radius 2 is 1.87 bits per heavy atom. The van der Waals surface area contributed by atoms with E-state index in [2.05, 4.69) is 26.1 Å². The van der Waals surface area contributed by atoms with Crippen molar-refractivity contribution in [3.05, 3.63) is 35.6 Å². The monoisotopic (exact) mass is 209 g/mol. The fourth-order valence-corrected chi connectivity index (χ4v) is 1.65. The highest BCUT2D eigenvalue weighted by Crippen LogP contribution is 2.20. The average molecular weight is 209 g/mol. The van der Waals surface area contributed by atoms with Crippen LogP contribution in [0, 0.1) is 5.82 Å². The van der Waals surface area contributed by atoms with Gasteiger partial charge in [0.05, 0.1) is 0 Å². The highest BCUT2D eigenvalue weighted by atomic mass is 19.1. The lowest BCUT2D eigenvalue weighted by molar-refractivity contribution is 0.424. The lowest BCUT2D eigenvalue weighted by atomic mass is 10.0. The van der Waals surface area contributed by atoms with Gasteiger partial charge >= 0.3 is 0 Å². The van der Waals surface area contributed by atoms with Crippen LogP contribution in [-0.4, -0.2) is 6.04 Å². The van der Waals surface area contributed by atoms with Crippen molar-refractivity contribution in [1.82, 2.24) is 5.32 Å². The third kappa shape index (κ3) is 3.31. The van der Waals surface area contributed by atoms with E-state index in [0.717, 1.165) is 18.4 Å². The van der Waals surface area contributed by atoms with Gasteiger partial charge in [-0.25, -0.2) is 4.39 Å². The van der Waals surface area contributed by atoms with Crippen LogP contribution in [0.25, 0.3) is 0 Å². The molecule has 0 bridgehead atoms. The van der Waals surface area contributed by atoms with E-state index in [9.17, 15) is 4.39 Å². The van der Waals surface area contributed by atoms with E-state index in [1.54, 1.807) is 6.07 Å². The summed E-state index contributed by atoms with van der Waals surface area (Å²) in [6, 6.07) is 7.55. The Labute approximate surface area is 91.7 Å². The predicted molar refractivity (Wildman–Crippen MR) is 62.3 cm³/mol. The summed E-state index contributed by atoms with van der Waals surface area (Å²) in [5.74, 6) is -0.111. The number of halogens is 1. The van der Waals surface area contributed by atoms with Crippen LogP contribution in [0.5, 0.6) is 0 Å². The third-order valence-electron chi connectivity index (χ3n) is 2.79. The van der Waals surface area contributed by atoms with E-state index in [-0.39, 0.29) is 11.9 Å². The molecule has 0 radical (unpaired) electrons. The van der Waals surface area contributed by atoms with Crippen molar-refractivity contribution in [3.63, 3.8) is 0 Å². The lowest BCUT2D eigenvalue weighted by Crippen LogP contribution is -2.30. The second-order valence-corrected chi connectivity index (χ2v) is 3.96. The largest absolute Gasteiger partial charge is 0.307 e. The molecule has 1 N–H and O–H groups in total. The van der Waals surface area contributed by atoms with E-state index in [1.165, 1.54) is 6.07 Å². The molecule has 0 unspecified atom stereocenters. The summed E-state index contributed by atoms with van der Waals surface area (Å²) in [5.41, 5.74) is 0.778. The van der Waals surface area contributed by atoms with Crippen molar-refractivity contribution in [3.8, 4) is 0 Å². The van der Waals surface area contributed by atoms with Crippen LogP contribution in [-0.2, 0) is 0 Å². The maximum atomic E-state index is 13.5. The molecule has 0 saturated carbocycles. The zero-order chi connectivity index (χ0) is 11.3. The van der Waals surface area contributed by atoms with Crippen LogP contribution in [0.3, 0.4) is 0 Å². The van der Waals surface area contributed by atoms with Crippen LogP contribution in [0.1, 0.15) is 45.2 Å². The minimum atomic E-state index is -0.111. The number of hydrogen-bond donors (Lipinski definition) is 1. The minimum absolute atomic E-state index is 0.111. The van der Waals surface area contributed by atoms with Gasteiger partial charge in [0.15, 0.2) is 0 Å². The SMILES string of the molecule is CC[C@H](C)N[C@H](CC)c1ccccc1F. The quantitative estimate of drug-likeness (QED) is 0.780. The molecule has 0 aliphatic rings. The fourth-order valence-electron chi connectivity index (χ4n) is 1.65. The van der Waals surface area contributed by atoms with Gasteiger partial charge in [-0.3, -0.25) is 0 Å². The number of nitrogens with one attached hydrogen (secondary N) is 1. The van der Waals surface area contributed by atoms with Crippen molar-refractivity contribution in [2.45, 2.75) is 45.7 Å². The molecule has 1 aromatic carbocycles. The molecule has 15 heavy (non-hydrogen) atoms. The second kappa shape index (κ2) is 5.86. The van der Waals surface area contributed by atoms with Crippen molar-refractivity contribution in [2.24, 2.45) is 0 Å². The molecule has 2 heteroatoms. The maximum absolute atomic E-state index is 13.5. The Morgan fingerprint density at radius 3 is 2.40 bits per heavy atom. The Hall–Kier alpha value is -0.890. The molecule has 0 heterocycles. The first-order valence-corrected chi connectivity index (χ1v) is 5.69. The molecule has 0 aromatic heterocycles. The van der Waals surface area contributed by atoms with Gasteiger partial charge in [0.1, 0.15) is 5.82 Å². The Kier molecular flexibility index (Phi) is 4.76. The molecule has 0 fully saturated rings. The van der Waals surface area contributed by atoms with Crippen LogP contribution in [0.2, 0.25) is 0 Å². The normalized spacial score (nSPS) is 14.9. The van der Waals surface area contributed by atoms with Gasteiger partial charge < -0.3 is 5.32 Å². The molecule has 0 spiro atoms. The molecule has 0 aliphatic heterocycles. The zero-order valence-electron chi connectivity index (χ0n) is 9.76. The second-order valence-electron chi connectivity index (χ2n) is 3.96. The van der Waals surface area contributed by atoms with Gasteiger partial charge in [0.25, 0.3) is 0 Å².